The van der Waals surface area contributed by atoms with Gasteiger partial charge < -0.3 is 15.4 Å². The summed E-state index contributed by atoms with van der Waals surface area (Å²) >= 11 is 3.44. The van der Waals surface area contributed by atoms with Crippen molar-refractivity contribution < 1.29 is 14.3 Å². The molecule has 5 nitrogen and oxygen atoms in total. The van der Waals surface area contributed by atoms with Crippen molar-refractivity contribution in [1.82, 2.24) is 0 Å². The topological polar surface area (TPSA) is 67.4 Å². The lowest BCUT2D eigenvalue weighted by molar-refractivity contribution is -0.118. The summed E-state index contributed by atoms with van der Waals surface area (Å²) in [6.07, 6.45) is 0.935. The van der Waals surface area contributed by atoms with E-state index >= 15 is 0 Å². The molecular weight excluding hydrogens is 372 g/mol. The van der Waals surface area contributed by atoms with E-state index < -0.39 is 0 Å². The first-order valence-corrected chi connectivity index (χ1v) is 8.36. The molecule has 0 saturated heterocycles. The highest BCUT2D eigenvalue weighted by Gasteiger charge is 2.07. The molecule has 0 radical (unpaired) electrons. The number of benzene rings is 2. The van der Waals surface area contributed by atoms with Crippen LogP contribution in [0.5, 0.6) is 5.75 Å². The van der Waals surface area contributed by atoms with Crippen LogP contribution < -0.4 is 15.4 Å². The number of aryl methyl sites for hydroxylation is 1. The molecule has 2 N–H and O–H groups in total. The predicted molar refractivity (Wildman–Crippen MR) is 98.4 cm³/mol. The van der Waals surface area contributed by atoms with Gasteiger partial charge in [-0.2, -0.15) is 0 Å². The lowest BCUT2D eigenvalue weighted by Crippen LogP contribution is -2.20. The second kappa shape index (κ2) is 8.49. The molecule has 0 bridgehead atoms. The summed E-state index contributed by atoms with van der Waals surface area (Å²) in [6, 6.07) is 12.7. The molecule has 0 fully saturated rings. The molecular formula is C18H19BrN2O3. The van der Waals surface area contributed by atoms with Crippen LogP contribution in [-0.2, 0) is 16.0 Å². The van der Waals surface area contributed by atoms with Gasteiger partial charge in [0.1, 0.15) is 5.75 Å². The monoisotopic (exact) mass is 390 g/mol. The van der Waals surface area contributed by atoms with Crippen LogP contribution in [0.25, 0.3) is 0 Å². The Morgan fingerprint density at radius 1 is 1.08 bits per heavy atom. The molecule has 0 unspecified atom stereocenters. The zero-order valence-corrected chi connectivity index (χ0v) is 15.1. The Bertz CT molecular complexity index is 747. The van der Waals surface area contributed by atoms with Crippen LogP contribution in [0.15, 0.2) is 46.9 Å². The van der Waals surface area contributed by atoms with E-state index in [4.69, 9.17) is 4.74 Å². The van der Waals surface area contributed by atoms with E-state index in [2.05, 4.69) is 33.5 Å². The first-order chi connectivity index (χ1) is 11.5. The number of hydrogen-bond acceptors (Lipinski definition) is 3. The van der Waals surface area contributed by atoms with Crippen LogP contribution in [0, 0.1) is 0 Å². The van der Waals surface area contributed by atoms with E-state index in [0.717, 1.165) is 10.9 Å². The largest absolute Gasteiger partial charge is 0.483 e. The average Bonchev–Trinajstić information content (AvgIpc) is 2.53. The Morgan fingerprint density at radius 3 is 2.42 bits per heavy atom. The molecule has 6 heteroatoms. The van der Waals surface area contributed by atoms with Crippen molar-refractivity contribution in [3.63, 3.8) is 0 Å². The van der Waals surface area contributed by atoms with E-state index in [1.165, 1.54) is 12.5 Å². The van der Waals surface area contributed by atoms with Gasteiger partial charge in [0.15, 0.2) is 6.61 Å². The molecule has 0 aliphatic heterocycles. The maximum atomic E-state index is 12.0. The maximum Gasteiger partial charge on any atom is 0.262 e. The Kier molecular flexibility index (Phi) is 6.37. The fourth-order valence-corrected chi connectivity index (χ4v) is 2.64. The summed E-state index contributed by atoms with van der Waals surface area (Å²) in [6.45, 7) is 3.40. The summed E-state index contributed by atoms with van der Waals surface area (Å²) in [5, 5.41) is 5.40. The van der Waals surface area contributed by atoms with Crippen LogP contribution in [0.2, 0.25) is 0 Å². The third kappa shape index (κ3) is 5.38. The maximum absolute atomic E-state index is 12.0. The molecule has 0 saturated carbocycles. The standard InChI is InChI=1S/C18H19BrN2O3/c1-3-13-7-8-17(16(19)9-13)24-11-18(23)21-15-6-4-5-14(10-15)20-12(2)22/h4-10H,3,11H2,1-2H3,(H,20,22)(H,21,23). The SMILES string of the molecule is CCc1ccc(OCC(=O)Nc2cccc(NC(C)=O)c2)c(Br)c1. The predicted octanol–water partition coefficient (Wildman–Crippen LogP) is 3.99. The van der Waals surface area contributed by atoms with Crippen LogP contribution in [0.1, 0.15) is 19.4 Å². The van der Waals surface area contributed by atoms with E-state index in [1.54, 1.807) is 24.3 Å². The minimum absolute atomic E-state index is 0.103. The summed E-state index contributed by atoms with van der Waals surface area (Å²) < 4.78 is 6.36. The normalized spacial score (nSPS) is 10.1. The third-order valence-corrected chi connectivity index (χ3v) is 3.85. The Labute approximate surface area is 149 Å². The Hall–Kier alpha value is -2.34. The van der Waals surface area contributed by atoms with Crippen LogP contribution in [0.4, 0.5) is 11.4 Å². The first kappa shape index (κ1) is 18.0. The van der Waals surface area contributed by atoms with Crippen LogP contribution in [-0.4, -0.2) is 18.4 Å². The van der Waals surface area contributed by atoms with Crippen molar-refractivity contribution in [2.45, 2.75) is 20.3 Å². The average molecular weight is 391 g/mol. The zero-order chi connectivity index (χ0) is 17.5. The fourth-order valence-electron chi connectivity index (χ4n) is 2.10. The fraction of sp³-hybridized carbons (Fsp3) is 0.222. The minimum atomic E-state index is -0.276. The van der Waals surface area contributed by atoms with Gasteiger partial charge in [-0.15, -0.1) is 0 Å². The smallest absolute Gasteiger partial charge is 0.262 e. The molecule has 0 aliphatic carbocycles. The summed E-state index contributed by atoms with van der Waals surface area (Å²) in [5.74, 6) is 0.179. The first-order valence-electron chi connectivity index (χ1n) is 7.56. The Morgan fingerprint density at radius 2 is 1.79 bits per heavy atom. The number of halogens is 1. The quantitative estimate of drug-likeness (QED) is 0.783. The number of carbonyl (C=O) groups is 2. The van der Waals surface area contributed by atoms with Gasteiger partial charge in [-0.3, -0.25) is 9.59 Å². The van der Waals surface area contributed by atoms with Crippen molar-refractivity contribution in [2.75, 3.05) is 17.2 Å². The highest BCUT2D eigenvalue weighted by atomic mass is 79.9. The number of ether oxygens (including phenoxy) is 1. The van der Waals surface area contributed by atoms with Gasteiger partial charge in [0.25, 0.3) is 5.91 Å². The number of hydrogen-bond donors (Lipinski definition) is 2. The van der Waals surface area contributed by atoms with Gasteiger partial charge in [0, 0.05) is 18.3 Å². The molecule has 0 aromatic heterocycles. The summed E-state index contributed by atoms with van der Waals surface area (Å²) in [7, 11) is 0. The molecule has 2 aromatic carbocycles. The van der Waals surface area contributed by atoms with Crippen molar-refractivity contribution >= 4 is 39.1 Å². The number of carbonyl (C=O) groups excluding carboxylic acids is 2. The summed E-state index contributed by atoms with van der Waals surface area (Å²) in [4.78, 5) is 23.1. The van der Waals surface area contributed by atoms with Crippen molar-refractivity contribution in [3.8, 4) is 5.75 Å². The number of rotatable bonds is 6. The van der Waals surface area contributed by atoms with Crippen LogP contribution >= 0.6 is 15.9 Å². The molecule has 0 aliphatic rings. The van der Waals surface area contributed by atoms with Crippen molar-refractivity contribution in [3.05, 3.63) is 52.5 Å². The van der Waals surface area contributed by atoms with E-state index in [1.807, 2.05) is 18.2 Å². The van der Waals surface area contributed by atoms with Crippen LogP contribution in [0.3, 0.4) is 0 Å². The second-order valence-corrected chi connectivity index (χ2v) is 6.07. The molecule has 126 valence electrons. The van der Waals surface area contributed by atoms with Gasteiger partial charge in [-0.05, 0) is 58.2 Å². The molecule has 0 atom stereocenters. The molecule has 24 heavy (non-hydrogen) atoms. The van der Waals surface area contributed by atoms with Gasteiger partial charge in [0.05, 0.1) is 4.47 Å². The number of nitrogens with one attached hydrogen (secondary N) is 2. The Balaban J connectivity index is 1.93. The number of anilines is 2. The number of amides is 2. The molecule has 2 rings (SSSR count). The lowest BCUT2D eigenvalue weighted by Gasteiger charge is -2.10. The summed E-state index contributed by atoms with van der Waals surface area (Å²) in [5.41, 5.74) is 2.41. The van der Waals surface area contributed by atoms with E-state index in [0.29, 0.717) is 17.1 Å². The van der Waals surface area contributed by atoms with Gasteiger partial charge in [-0.25, -0.2) is 0 Å². The lowest BCUT2D eigenvalue weighted by atomic mass is 10.2. The van der Waals surface area contributed by atoms with E-state index in [-0.39, 0.29) is 18.4 Å². The molecule has 2 aromatic rings. The molecule has 0 spiro atoms. The third-order valence-electron chi connectivity index (χ3n) is 3.23. The highest BCUT2D eigenvalue weighted by molar-refractivity contribution is 9.10. The van der Waals surface area contributed by atoms with Crippen molar-refractivity contribution in [1.29, 1.82) is 0 Å². The van der Waals surface area contributed by atoms with E-state index in [9.17, 15) is 9.59 Å². The van der Waals surface area contributed by atoms with Gasteiger partial charge in [0.2, 0.25) is 5.91 Å². The van der Waals surface area contributed by atoms with Crippen molar-refractivity contribution in [2.24, 2.45) is 0 Å². The molecule has 0 heterocycles. The highest BCUT2D eigenvalue weighted by Crippen LogP contribution is 2.26. The zero-order valence-electron chi connectivity index (χ0n) is 13.6. The molecule has 2 amide bonds. The van der Waals surface area contributed by atoms with Gasteiger partial charge >= 0.3 is 0 Å². The second-order valence-electron chi connectivity index (χ2n) is 5.22. The minimum Gasteiger partial charge on any atom is -0.483 e. The van der Waals surface area contributed by atoms with Gasteiger partial charge in [-0.1, -0.05) is 19.1 Å².